The second kappa shape index (κ2) is 4.78. The normalized spacial score (nSPS) is 18.4. The number of carbonyl (C=O) groups excluding carboxylic acids is 1. The maximum Gasteiger partial charge on any atom is 0.226 e. The van der Waals surface area contributed by atoms with Crippen LogP contribution in [0.25, 0.3) is 0 Å². The van der Waals surface area contributed by atoms with Gasteiger partial charge in [-0.1, -0.05) is 13.8 Å². The molecular formula is C11H22N2O. The molecule has 82 valence electrons. The molecular weight excluding hydrogens is 176 g/mol. The first-order valence-corrected chi connectivity index (χ1v) is 5.53. The smallest absolute Gasteiger partial charge is 0.226 e. The van der Waals surface area contributed by atoms with Crippen LogP contribution in [0.4, 0.5) is 0 Å². The third-order valence-electron chi connectivity index (χ3n) is 2.83. The molecule has 1 saturated carbocycles. The number of nitrogens with two attached hydrogens (primary N) is 1. The van der Waals surface area contributed by atoms with Crippen LogP contribution in [0, 0.1) is 11.8 Å². The first-order chi connectivity index (χ1) is 6.56. The number of hydrogen-bond acceptors (Lipinski definition) is 2. The predicted molar refractivity (Wildman–Crippen MR) is 57.8 cm³/mol. The van der Waals surface area contributed by atoms with Crippen LogP contribution in [-0.4, -0.2) is 30.4 Å². The Balaban J connectivity index is 2.45. The van der Waals surface area contributed by atoms with Gasteiger partial charge in [-0.3, -0.25) is 4.79 Å². The lowest BCUT2D eigenvalue weighted by atomic mass is 9.96. The molecule has 1 unspecified atom stereocenters. The van der Waals surface area contributed by atoms with Crippen LogP contribution >= 0.6 is 0 Å². The van der Waals surface area contributed by atoms with Gasteiger partial charge in [0.15, 0.2) is 0 Å². The lowest BCUT2D eigenvalue weighted by Gasteiger charge is -2.23. The van der Waals surface area contributed by atoms with E-state index in [1.165, 1.54) is 12.8 Å². The van der Waals surface area contributed by atoms with E-state index in [2.05, 4.69) is 13.8 Å². The Morgan fingerprint density at radius 2 is 2.07 bits per heavy atom. The van der Waals surface area contributed by atoms with Crippen molar-refractivity contribution in [2.45, 2.75) is 39.2 Å². The minimum absolute atomic E-state index is 0.0283. The zero-order valence-electron chi connectivity index (χ0n) is 9.49. The van der Waals surface area contributed by atoms with E-state index >= 15 is 0 Å². The molecule has 0 aliphatic heterocycles. The maximum absolute atomic E-state index is 11.9. The average Bonchev–Trinajstić information content (AvgIpc) is 2.94. The Kier molecular flexibility index (Phi) is 3.93. The highest BCUT2D eigenvalue weighted by Gasteiger charge is 2.32. The zero-order valence-corrected chi connectivity index (χ0v) is 9.49. The molecule has 0 aromatic rings. The first-order valence-electron chi connectivity index (χ1n) is 5.53. The average molecular weight is 198 g/mol. The Hall–Kier alpha value is -0.570. The van der Waals surface area contributed by atoms with Crippen molar-refractivity contribution in [3.63, 3.8) is 0 Å². The molecule has 1 amide bonds. The molecule has 0 bridgehead atoms. The van der Waals surface area contributed by atoms with Crippen molar-refractivity contribution < 1.29 is 4.79 Å². The molecule has 0 heterocycles. The second-order valence-corrected chi connectivity index (χ2v) is 4.74. The van der Waals surface area contributed by atoms with Gasteiger partial charge in [-0.25, -0.2) is 0 Å². The predicted octanol–water partition coefficient (Wildman–Crippen LogP) is 1.23. The molecule has 0 aromatic heterocycles. The Bertz CT molecular complexity index is 199. The summed E-state index contributed by atoms with van der Waals surface area (Å²) in [5, 5.41) is 0. The molecule has 2 N–H and O–H groups in total. The molecule has 0 radical (unpaired) electrons. The monoisotopic (exact) mass is 198 g/mol. The zero-order chi connectivity index (χ0) is 10.7. The van der Waals surface area contributed by atoms with Gasteiger partial charge in [-0.2, -0.15) is 0 Å². The first kappa shape index (κ1) is 11.5. The van der Waals surface area contributed by atoms with Crippen molar-refractivity contribution in [2.24, 2.45) is 17.6 Å². The maximum atomic E-state index is 11.9. The van der Waals surface area contributed by atoms with E-state index in [0.29, 0.717) is 18.5 Å². The molecule has 1 aliphatic carbocycles. The molecule has 1 fully saturated rings. The van der Waals surface area contributed by atoms with E-state index in [9.17, 15) is 4.79 Å². The van der Waals surface area contributed by atoms with Gasteiger partial charge in [0.25, 0.3) is 0 Å². The van der Waals surface area contributed by atoms with Crippen molar-refractivity contribution in [1.82, 2.24) is 4.90 Å². The SMILES string of the molecule is CC(C)CC(CN)C(=O)N(C)C1CC1. The summed E-state index contributed by atoms with van der Waals surface area (Å²) < 4.78 is 0. The van der Waals surface area contributed by atoms with Crippen LogP contribution in [0.2, 0.25) is 0 Å². The summed E-state index contributed by atoms with van der Waals surface area (Å²) in [6.07, 6.45) is 3.24. The summed E-state index contributed by atoms with van der Waals surface area (Å²) in [4.78, 5) is 13.8. The van der Waals surface area contributed by atoms with Crippen LogP contribution in [0.15, 0.2) is 0 Å². The van der Waals surface area contributed by atoms with Gasteiger partial charge >= 0.3 is 0 Å². The van der Waals surface area contributed by atoms with Crippen LogP contribution < -0.4 is 5.73 Å². The summed E-state index contributed by atoms with van der Waals surface area (Å²) >= 11 is 0. The largest absolute Gasteiger partial charge is 0.342 e. The van der Waals surface area contributed by atoms with E-state index in [4.69, 9.17) is 5.73 Å². The molecule has 1 rings (SSSR count). The lowest BCUT2D eigenvalue weighted by molar-refractivity contribution is -0.134. The van der Waals surface area contributed by atoms with E-state index in [1.807, 2.05) is 11.9 Å². The van der Waals surface area contributed by atoms with Crippen LogP contribution in [0.3, 0.4) is 0 Å². The van der Waals surface area contributed by atoms with Crippen LogP contribution in [0.5, 0.6) is 0 Å². The summed E-state index contributed by atoms with van der Waals surface area (Å²) in [5.74, 6) is 0.810. The fraction of sp³-hybridized carbons (Fsp3) is 0.909. The van der Waals surface area contributed by atoms with Gasteiger partial charge in [0.2, 0.25) is 5.91 Å². The molecule has 1 aliphatic rings. The molecule has 1 atom stereocenters. The van der Waals surface area contributed by atoms with Crippen LogP contribution in [-0.2, 0) is 4.79 Å². The van der Waals surface area contributed by atoms with Gasteiger partial charge in [0, 0.05) is 19.6 Å². The fourth-order valence-corrected chi connectivity index (χ4v) is 1.80. The summed E-state index contributed by atoms with van der Waals surface area (Å²) in [7, 11) is 1.91. The molecule has 3 heteroatoms. The molecule has 3 nitrogen and oxygen atoms in total. The van der Waals surface area contributed by atoms with Gasteiger partial charge in [-0.05, 0) is 25.2 Å². The topological polar surface area (TPSA) is 46.3 Å². The number of amides is 1. The van der Waals surface area contributed by atoms with Gasteiger partial charge in [-0.15, -0.1) is 0 Å². The molecule has 0 saturated heterocycles. The summed E-state index contributed by atoms with van der Waals surface area (Å²) in [6, 6.07) is 0.503. The van der Waals surface area contributed by atoms with Crippen molar-refractivity contribution in [3.8, 4) is 0 Å². The minimum atomic E-state index is 0.0283. The van der Waals surface area contributed by atoms with Crippen molar-refractivity contribution in [2.75, 3.05) is 13.6 Å². The van der Waals surface area contributed by atoms with E-state index < -0.39 is 0 Å². The number of rotatable bonds is 5. The molecule has 14 heavy (non-hydrogen) atoms. The standard InChI is InChI=1S/C11H22N2O/c1-8(2)6-9(7-12)11(14)13(3)10-4-5-10/h8-10H,4-7,12H2,1-3H3. The highest BCUT2D eigenvalue weighted by atomic mass is 16.2. The Labute approximate surface area is 86.6 Å². The number of hydrogen-bond donors (Lipinski definition) is 1. The third-order valence-corrected chi connectivity index (χ3v) is 2.83. The van der Waals surface area contributed by atoms with Gasteiger partial charge in [0.1, 0.15) is 0 Å². The van der Waals surface area contributed by atoms with Crippen molar-refractivity contribution >= 4 is 5.91 Å². The summed E-state index contributed by atoms with van der Waals surface area (Å²) in [5.41, 5.74) is 5.63. The Morgan fingerprint density at radius 3 is 2.43 bits per heavy atom. The second-order valence-electron chi connectivity index (χ2n) is 4.74. The van der Waals surface area contributed by atoms with Crippen LogP contribution in [0.1, 0.15) is 33.1 Å². The number of nitrogens with zero attached hydrogens (tertiary/aromatic N) is 1. The lowest BCUT2D eigenvalue weighted by Crippen LogP contribution is -2.38. The Morgan fingerprint density at radius 1 is 1.50 bits per heavy atom. The van der Waals surface area contributed by atoms with Crippen molar-refractivity contribution in [3.05, 3.63) is 0 Å². The van der Waals surface area contributed by atoms with E-state index in [-0.39, 0.29) is 11.8 Å². The van der Waals surface area contributed by atoms with Gasteiger partial charge in [0.05, 0.1) is 5.92 Å². The molecule has 0 aromatic carbocycles. The quantitative estimate of drug-likeness (QED) is 0.722. The highest BCUT2D eigenvalue weighted by molar-refractivity contribution is 5.79. The van der Waals surface area contributed by atoms with Gasteiger partial charge < -0.3 is 10.6 Å². The highest BCUT2D eigenvalue weighted by Crippen LogP contribution is 2.27. The molecule has 0 spiro atoms. The summed E-state index contributed by atoms with van der Waals surface area (Å²) in [6.45, 7) is 4.74. The third kappa shape index (κ3) is 2.98. The minimum Gasteiger partial charge on any atom is -0.342 e. The van der Waals surface area contributed by atoms with Crippen molar-refractivity contribution in [1.29, 1.82) is 0 Å². The fourth-order valence-electron chi connectivity index (χ4n) is 1.80. The number of carbonyl (C=O) groups is 1. The van der Waals surface area contributed by atoms with E-state index in [0.717, 1.165) is 6.42 Å². The van der Waals surface area contributed by atoms with E-state index in [1.54, 1.807) is 0 Å².